The summed E-state index contributed by atoms with van der Waals surface area (Å²) in [7, 11) is 0. The number of hydrogen-bond donors (Lipinski definition) is 2. The predicted molar refractivity (Wildman–Crippen MR) is 94.4 cm³/mol. The third-order valence-corrected chi connectivity index (χ3v) is 4.47. The Kier molecular flexibility index (Phi) is 4.38. The second kappa shape index (κ2) is 6.48. The first kappa shape index (κ1) is 16.2. The van der Waals surface area contributed by atoms with Crippen LogP contribution in [0, 0.1) is 5.82 Å². The van der Waals surface area contributed by atoms with Crippen molar-refractivity contribution in [2.45, 2.75) is 25.7 Å². The number of aromatic amines is 1. The van der Waals surface area contributed by atoms with Crippen molar-refractivity contribution in [2.24, 2.45) is 0 Å². The lowest BCUT2D eigenvalue weighted by atomic mass is 9.83. The largest absolute Gasteiger partial charge is 0.361 e. The minimum absolute atomic E-state index is 0.0661. The van der Waals surface area contributed by atoms with Crippen molar-refractivity contribution >= 4 is 16.8 Å². The molecule has 0 aliphatic heterocycles. The van der Waals surface area contributed by atoms with Gasteiger partial charge in [-0.2, -0.15) is 0 Å². The number of nitrogens with one attached hydrogen (secondary N) is 2. The van der Waals surface area contributed by atoms with Crippen molar-refractivity contribution in [1.82, 2.24) is 10.3 Å². The number of hydrogen-bond acceptors (Lipinski definition) is 1. The molecule has 124 valence electrons. The number of halogens is 1. The molecule has 2 N–H and O–H groups in total. The van der Waals surface area contributed by atoms with Gasteiger partial charge in [0.25, 0.3) is 0 Å². The van der Waals surface area contributed by atoms with E-state index in [0.29, 0.717) is 18.5 Å². The summed E-state index contributed by atoms with van der Waals surface area (Å²) in [6.45, 7) is 4.22. The molecule has 3 rings (SSSR count). The van der Waals surface area contributed by atoms with Crippen LogP contribution in [0.1, 0.15) is 25.0 Å². The third kappa shape index (κ3) is 3.04. The summed E-state index contributed by atoms with van der Waals surface area (Å²) in [5, 5.41) is 3.98. The average molecular weight is 324 g/mol. The van der Waals surface area contributed by atoms with Crippen LogP contribution in [0.4, 0.5) is 4.39 Å². The molecule has 0 atom stereocenters. The van der Waals surface area contributed by atoms with E-state index in [4.69, 9.17) is 0 Å². The molecule has 1 amide bonds. The number of para-hydroxylation sites is 1. The van der Waals surface area contributed by atoms with Crippen LogP contribution in [-0.4, -0.2) is 17.4 Å². The van der Waals surface area contributed by atoms with Crippen molar-refractivity contribution in [2.75, 3.05) is 6.54 Å². The first-order valence-electron chi connectivity index (χ1n) is 8.08. The molecule has 24 heavy (non-hydrogen) atoms. The van der Waals surface area contributed by atoms with Crippen LogP contribution >= 0.6 is 0 Å². The molecule has 1 heterocycles. The zero-order chi connectivity index (χ0) is 17.2. The van der Waals surface area contributed by atoms with E-state index in [1.54, 1.807) is 18.2 Å². The molecular formula is C20H21FN2O. The summed E-state index contributed by atoms with van der Waals surface area (Å²) in [5.41, 5.74) is 1.92. The Hall–Kier alpha value is -2.62. The normalized spacial score (nSPS) is 11.6. The molecule has 3 aromatic rings. The van der Waals surface area contributed by atoms with E-state index in [1.807, 2.05) is 44.3 Å². The van der Waals surface area contributed by atoms with Crippen LogP contribution in [0.3, 0.4) is 0 Å². The third-order valence-electron chi connectivity index (χ3n) is 4.47. The van der Waals surface area contributed by atoms with E-state index in [9.17, 15) is 9.18 Å². The highest BCUT2D eigenvalue weighted by Crippen LogP contribution is 2.30. The Balaban J connectivity index is 1.70. The minimum Gasteiger partial charge on any atom is -0.361 e. The molecule has 4 heteroatoms. The van der Waals surface area contributed by atoms with Gasteiger partial charge >= 0.3 is 0 Å². The molecule has 0 bridgehead atoms. The fraction of sp³-hybridized carbons (Fsp3) is 0.250. The number of fused-ring (bicyclic) bond motifs is 1. The second-order valence-corrected chi connectivity index (χ2v) is 6.47. The molecule has 0 radical (unpaired) electrons. The van der Waals surface area contributed by atoms with E-state index in [0.717, 1.165) is 16.5 Å². The van der Waals surface area contributed by atoms with Crippen molar-refractivity contribution in [1.29, 1.82) is 0 Å². The fourth-order valence-electron chi connectivity index (χ4n) is 2.94. The average Bonchev–Trinajstić information content (AvgIpc) is 3.01. The highest BCUT2D eigenvalue weighted by atomic mass is 19.1. The Bertz CT molecular complexity index is 867. The lowest BCUT2D eigenvalue weighted by Crippen LogP contribution is -2.40. The monoisotopic (exact) mass is 324 g/mol. The number of rotatable bonds is 5. The van der Waals surface area contributed by atoms with E-state index < -0.39 is 5.41 Å². The molecule has 3 nitrogen and oxygen atoms in total. The predicted octanol–water partition coefficient (Wildman–Crippen LogP) is 3.94. The highest BCUT2D eigenvalue weighted by molar-refractivity contribution is 5.94. The van der Waals surface area contributed by atoms with Crippen LogP contribution in [0.15, 0.2) is 54.7 Å². The number of aromatic nitrogens is 1. The Morgan fingerprint density at radius 1 is 1.12 bits per heavy atom. The summed E-state index contributed by atoms with van der Waals surface area (Å²) in [5.74, 6) is -0.300. The van der Waals surface area contributed by atoms with Gasteiger partial charge in [0.1, 0.15) is 5.82 Å². The summed E-state index contributed by atoms with van der Waals surface area (Å²) in [6.07, 6.45) is 2.36. The van der Waals surface area contributed by atoms with Gasteiger partial charge < -0.3 is 10.3 Å². The second-order valence-electron chi connectivity index (χ2n) is 6.47. The number of amides is 1. The van der Waals surface area contributed by atoms with Crippen molar-refractivity contribution in [3.63, 3.8) is 0 Å². The first-order valence-corrected chi connectivity index (χ1v) is 8.08. The van der Waals surface area contributed by atoms with E-state index >= 15 is 0 Å². The molecule has 0 saturated heterocycles. The van der Waals surface area contributed by atoms with Gasteiger partial charge in [0, 0.05) is 23.6 Å². The zero-order valence-corrected chi connectivity index (χ0v) is 13.9. The maximum atomic E-state index is 13.6. The van der Waals surface area contributed by atoms with Crippen LogP contribution < -0.4 is 5.32 Å². The SMILES string of the molecule is CC(C)(C(=O)NCCc1ccccc1F)c1c[nH]c2ccccc12. The van der Waals surface area contributed by atoms with Crippen molar-refractivity contribution in [3.05, 3.63) is 71.7 Å². The van der Waals surface area contributed by atoms with E-state index in [1.165, 1.54) is 6.07 Å². The van der Waals surface area contributed by atoms with Gasteiger partial charge in [-0.15, -0.1) is 0 Å². The van der Waals surface area contributed by atoms with Gasteiger partial charge in [-0.1, -0.05) is 36.4 Å². The molecule has 0 aliphatic carbocycles. The fourth-order valence-corrected chi connectivity index (χ4v) is 2.94. The molecular weight excluding hydrogens is 303 g/mol. The number of benzene rings is 2. The first-order chi connectivity index (χ1) is 11.5. The van der Waals surface area contributed by atoms with Crippen LogP contribution in [0.25, 0.3) is 10.9 Å². The molecule has 0 fully saturated rings. The minimum atomic E-state index is -0.672. The highest BCUT2D eigenvalue weighted by Gasteiger charge is 2.31. The summed E-state index contributed by atoms with van der Waals surface area (Å²) in [6, 6.07) is 14.6. The summed E-state index contributed by atoms with van der Waals surface area (Å²) < 4.78 is 13.6. The molecule has 2 aromatic carbocycles. The van der Waals surface area contributed by atoms with Gasteiger partial charge in [0.05, 0.1) is 5.41 Å². The summed E-state index contributed by atoms with van der Waals surface area (Å²) in [4.78, 5) is 15.9. The Morgan fingerprint density at radius 2 is 1.83 bits per heavy atom. The number of carbonyl (C=O) groups excluding carboxylic acids is 1. The molecule has 0 unspecified atom stereocenters. The van der Waals surface area contributed by atoms with Gasteiger partial charge in [0.15, 0.2) is 0 Å². The smallest absolute Gasteiger partial charge is 0.230 e. The molecule has 0 saturated carbocycles. The van der Waals surface area contributed by atoms with Gasteiger partial charge in [-0.05, 0) is 43.5 Å². The van der Waals surface area contributed by atoms with E-state index in [-0.39, 0.29) is 11.7 Å². The van der Waals surface area contributed by atoms with Crippen LogP contribution in [0.2, 0.25) is 0 Å². The maximum Gasteiger partial charge on any atom is 0.230 e. The van der Waals surface area contributed by atoms with E-state index in [2.05, 4.69) is 10.3 Å². The molecule has 1 aromatic heterocycles. The topological polar surface area (TPSA) is 44.9 Å². The maximum absolute atomic E-state index is 13.6. The van der Waals surface area contributed by atoms with Crippen LogP contribution in [-0.2, 0) is 16.6 Å². The standard InChI is InChI=1S/C20H21FN2O/c1-20(2,16-13-23-18-10-6-4-8-15(16)18)19(24)22-12-11-14-7-3-5-9-17(14)21/h3-10,13,23H,11-12H2,1-2H3,(H,22,24). The number of H-pyrrole nitrogens is 1. The molecule has 0 aliphatic rings. The lowest BCUT2D eigenvalue weighted by molar-refractivity contribution is -0.125. The summed E-state index contributed by atoms with van der Waals surface area (Å²) >= 11 is 0. The Labute approximate surface area is 140 Å². The lowest BCUT2D eigenvalue weighted by Gasteiger charge is -2.23. The molecule has 0 spiro atoms. The number of carbonyl (C=O) groups is 1. The van der Waals surface area contributed by atoms with Crippen molar-refractivity contribution in [3.8, 4) is 0 Å². The zero-order valence-electron chi connectivity index (χ0n) is 13.9. The van der Waals surface area contributed by atoms with Crippen LogP contribution in [0.5, 0.6) is 0 Å². The quantitative estimate of drug-likeness (QED) is 0.733. The van der Waals surface area contributed by atoms with Gasteiger partial charge in [0.2, 0.25) is 5.91 Å². The van der Waals surface area contributed by atoms with Crippen molar-refractivity contribution < 1.29 is 9.18 Å². The Morgan fingerprint density at radius 3 is 2.62 bits per heavy atom. The van der Waals surface area contributed by atoms with Gasteiger partial charge in [-0.3, -0.25) is 4.79 Å². The van der Waals surface area contributed by atoms with Gasteiger partial charge in [-0.25, -0.2) is 4.39 Å².